The Hall–Kier alpha value is -1.92. The van der Waals surface area contributed by atoms with E-state index in [0.29, 0.717) is 19.4 Å². The van der Waals surface area contributed by atoms with Crippen LogP contribution in [0.4, 0.5) is 0 Å². The van der Waals surface area contributed by atoms with E-state index >= 15 is 0 Å². The van der Waals surface area contributed by atoms with Crippen LogP contribution in [0.25, 0.3) is 0 Å². The molecule has 0 saturated carbocycles. The van der Waals surface area contributed by atoms with Crippen LogP contribution in [0.15, 0.2) is 36.5 Å². The van der Waals surface area contributed by atoms with Crippen molar-refractivity contribution >= 4 is 11.9 Å². The van der Waals surface area contributed by atoms with Crippen molar-refractivity contribution in [3.05, 3.63) is 36.5 Å². The lowest BCUT2D eigenvalue weighted by Gasteiger charge is -2.20. The Kier molecular flexibility index (Phi) is 51.1. The predicted octanol–water partition coefficient (Wildman–Crippen LogP) is 16.9. The summed E-state index contributed by atoms with van der Waals surface area (Å²) in [5, 5.41) is 23.1. The largest absolute Gasteiger partial charge is 0.466 e. The van der Waals surface area contributed by atoms with Gasteiger partial charge in [0.15, 0.2) is 0 Å². The number of unbranched alkanes of at least 4 members (excludes halogenated alkanes) is 36. The minimum atomic E-state index is -0.855. The molecule has 0 bridgehead atoms. The first-order valence-electron chi connectivity index (χ1n) is 27.8. The number of aliphatic hydroxyl groups excluding tert-OH is 2. The number of esters is 1. The summed E-state index contributed by atoms with van der Waals surface area (Å²) in [6.45, 7) is 4.87. The third-order valence-corrected chi connectivity index (χ3v) is 12.6. The van der Waals surface area contributed by atoms with Crippen LogP contribution < -0.4 is 5.32 Å². The first kappa shape index (κ1) is 61.1. The second kappa shape index (κ2) is 52.7. The Labute approximate surface area is 392 Å². The SMILES string of the molecule is CCCCCCC/C=C\CCCCCCCC(=O)OCCCCCCCCC/C=C\CCCCCCCC(=O)NC(CO)C(O)/C=C/CCCCCCCCCCCCCCCC. The highest BCUT2D eigenvalue weighted by Crippen LogP contribution is 2.15. The molecule has 0 saturated heterocycles. The second-order valence-electron chi connectivity index (χ2n) is 18.9. The molecule has 3 N–H and O–H groups in total. The lowest BCUT2D eigenvalue weighted by atomic mass is 10.0. The molecule has 0 aromatic rings. The van der Waals surface area contributed by atoms with Crippen molar-refractivity contribution in [1.82, 2.24) is 5.32 Å². The Morgan fingerprint density at radius 2 is 0.746 bits per heavy atom. The first-order chi connectivity index (χ1) is 31.0. The number of hydrogen-bond acceptors (Lipinski definition) is 5. The molecule has 0 aliphatic heterocycles. The molecule has 0 heterocycles. The van der Waals surface area contributed by atoms with E-state index in [0.717, 1.165) is 64.2 Å². The number of allylic oxidation sites excluding steroid dienone is 5. The third kappa shape index (κ3) is 49.4. The summed E-state index contributed by atoms with van der Waals surface area (Å²) < 4.78 is 5.46. The quantitative estimate of drug-likeness (QED) is 0.0321. The summed E-state index contributed by atoms with van der Waals surface area (Å²) in [4.78, 5) is 24.5. The van der Waals surface area contributed by atoms with Crippen molar-refractivity contribution in [2.75, 3.05) is 13.2 Å². The van der Waals surface area contributed by atoms with Gasteiger partial charge in [-0.1, -0.05) is 230 Å². The number of carbonyl (C=O) groups excluding carboxylic acids is 2. The van der Waals surface area contributed by atoms with Crippen molar-refractivity contribution in [1.29, 1.82) is 0 Å². The van der Waals surface area contributed by atoms with Gasteiger partial charge in [-0.3, -0.25) is 9.59 Å². The van der Waals surface area contributed by atoms with Crippen molar-refractivity contribution in [3.63, 3.8) is 0 Å². The molecular formula is C57H107NO5. The van der Waals surface area contributed by atoms with E-state index in [2.05, 4.69) is 43.5 Å². The lowest BCUT2D eigenvalue weighted by molar-refractivity contribution is -0.143. The molecule has 2 unspecified atom stereocenters. The van der Waals surface area contributed by atoms with Crippen LogP contribution in [0, 0.1) is 0 Å². The minimum Gasteiger partial charge on any atom is -0.466 e. The van der Waals surface area contributed by atoms with Crippen molar-refractivity contribution in [2.24, 2.45) is 0 Å². The van der Waals surface area contributed by atoms with E-state index in [-0.39, 0.29) is 18.5 Å². The summed E-state index contributed by atoms with van der Waals surface area (Å²) in [7, 11) is 0. The maximum atomic E-state index is 12.4. The molecule has 2 atom stereocenters. The fourth-order valence-corrected chi connectivity index (χ4v) is 8.33. The highest BCUT2D eigenvalue weighted by atomic mass is 16.5. The molecule has 63 heavy (non-hydrogen) atoms. The second-order valence-corrected chi connectivity index (χ2v) is 18.9. The Balaban J connectivity index is 3.51. The fraction of sp³-hybridized carbons (Fsp3) is 0.860. The van der Waals surface area contributed by atoms with Gasteiger partial charge < -0.3 is 20.3 Å². The monoisotopic (exact) mass is 886 g/mol. The van der Waals surface area contributed by atoms with E-state index < -0.39 is 12.1 Å². The average molecular weight is 886 g/mol. The van der Waals surface area contributed by atoms with E-state index in [1.54, 1.807) is 6.08 Å². The lowest BCUT2D eigenvalue weighted by Crippen LogP contribution is -2.45. The van der Waals surface area contributed by atoms with Gasteiger partial charge in [0.1, 0.15) is 0 Å². The summed E-state index contributed by atoms with van der Waals surface area (Å²) in [5.41, 5.74) is 0. The smallest absolute Gasteiger partial charge is 0.305 e. The highest BCUT2D eigenvalue weighted by molar-refractivity contribution is 5.76. The summed E-state index contributed by atoms with van der Waals surface area (Å²) >= 11 is 0. The standard InChI is InChI=1S/C57H107NO5/c1-3-5-7-9-11-13-15-17-19-22-25-29-33-37-41-45-49-55(60)54(53-59)58-56(61)50-46-42-38-34-30-26-23-20-21-24-28-32-36-40-44-48-52-63-57(62)51-47-43-39-35-31-27-18-16-14-12-10-8-6-4-2/h16,18,20,23,45,49,54-55,59-60H,3-15,17,19,21-22,24-44,46-48,50-53H2,1-2H3,(H,58,61)/b18-16-,23-20-,49-45+. The molecule has 0 aliphatic rings. The normalized spacial score (nSPS) is 12.9. The van der Waals surface area contributed by atoms with Crippen LogP contribution in [0.2, 0.25) is 0 Å². The summed E-state index contributed by atoms with van der Waals surface area (Å²) in [6.07, 6.45) is 64.4. The van der Waals surface area contributed by atoms with Crippen LogP contribution >= 0.6 is 0 Å². The number of aliphatic hydroxyl groups is 2. The van der Waals surface area contributed by atoms with Crippen LogP contribution in [0.3, 0.4) is 0 Å². The van der Waals surface area contributed by atoms with Crippen LogP contribution in [0.5, 0.6) is 0 Å². The summed E-state index contributed by atoms with van der Waals surface area (Å²) in [6, 6.07) is -0.640. The number of nitrogens with one attached hydrogen (secondary N) is 1. The fourth-order valence-electron chi connectivity index (χ4n) is 8.33. The molecule has 6 nitrogen and oxygen atoms in total. The van der Waals surface area contributed by atoms with E-state index in [1.165, 1.54) is 199 Å². The zero-order chi connectivity index (χ0) is 45.8. The predicted molar refractivity (Wildman–Crippen MR) is 273 cm³/mol. The topological polar surface area (TPSA) is 95.9 Å². The maximum Gasteiger partial charge on any atom is 0.305 e. The van der Waals surface area contributed by atoms with Gasteiger partial charge in [-0.25, -0.2) is 0 Å². The van der Waals surface area contributed by atoms with Gasteiger partial charge >= 0.3 is 5.97 Å². The van der Waals surface area contributed by atoms with E-state index in [1.807, 2.05) is 6.08 Å². The van der Waals surface area contributed by atoms with Gasteiger partial charge in [-0.2, -0.15) is 0 Å². The van der Waals surface area contributed by atoms with Gasteiger partial charge in [0.25, 0.3) is 0 Å². The zero-order valence-electron chi connectivity index (χ0n) is 42.1. The van der Waals surface area contributed by atoms with E-state index in [4.69, 9.17) is 4.74 Å². The maximum absolute atomic E-state index is 12.4. The van der Waals surface area contributed by atoms with Gasteiger partial charge in [0, 0.05) is 12.8 Å². The summed E-state index contributed by atoms with van der Waals surface area (Å²) in [5.74, 6) is -0.0976. The third-order valence-electron chi connectivity index (χ3n) is 12.6. The number of amides is 1. The van der Waals surface area contributed by atoms with Crippen LogP contribution in [0.1, 0.15) is 290 Å². The van der Waals surface area contributed by atoms with Crippen molar-refractivity contribution < 1.29 is 24.5 Å². The molecule has 6 heteroatoms. The van der Waals surface area contributed by atoms with Gasteiger partial charge in [0.2, 0.25) is 5.91 Å². The Morgan fingerprint density at radius 1 is 0.429 bits per heavy atom. The highest BCUT2D eigenvalue weighted by Gasteiger charge is 2.18. The zero-order valence-corrected chi connectivity index (χ0v) is 42.1. The Morgan fingerprint density at radius 3 is 1.13 bits per heavy atom. The van der Waals surface area contributed by atoms with Gasteiger partial charge in [-0.05, 0) is 83.5 Å². The first-order valence-corrected chi connectivity index (χ1v) is 27.8. The number of ether oxygens (including phenoxy) is 1. The molecule has 0 spiro atoms. The van der Waals surface area contributed by atoms with Crippen LogP contribution in [-0.4, -0.2) is 47.4 Å². The average Bonchev–Trinajstić information content (AvgIpc) is 3.28. The van der Waals surface area contributed by atoms with Crippen LogP contribution in [-0.2, 0) is 14.3 Å². The minimum absolute atomic E-state index is 0.0127. The molecule has 1 amide bonds. The molecule has 0 aliphatic carbocycles. The van der Waals surface area contributed by atoms with Crippen molar-refractivity contribution in [2.45, 2.75) is 302 Å². The van der Waals surface area contributed by atoms with Gasteiger partial charge in [-0.15, -0.1) is 0 Å². The van der Waals surface area contributed by atoms with E-state index in [9.17, 15) is 19.8 Å². The van der Waals surface area contributed by atoms with Crippen molar-refractivity contribution in [3.8, 4) is 0 Å². The number of rotatable bonds is 51. The molecule has 0 aromatic carbocycles. The molecule has 0 fully saturated rings. The molecule has 370 valence electrons. The number of hydrogen-bond donors (Lipinski definition) is 3. The number of carbonyl (C=O) groups is 2. The molecule has 0 aromatic heterocycles. The van der Waals surface area contributed by atoms with Gasteiger partial charge in [0.05, 0.1) is 25.4 Å². The molecular weight excluding hydrogens is 779 g/mol. The molecule has 0 rings (SSSR count). The Bertz CT molecular complexity index is 1020. The molecule has 0 radical (unpaired) electrons.